The molecule has 0 aliphatic carbocycles. The highest BCUT2D eigenvalue weighted by atomic mass is 31.2. The van der Waals surface area contributed by atoms with Crippen LogP contribution < -0.4 is 0 Å². The van der Waals surface area contributed by atoms with Gasteiger partial charge in [0.2, 0.25) is 0 Å². The summed E-state index contributed by atoms with van der Waals surface area (Å²) in [5, 5.41) is 10.7. The minimum absolute atomic E-state index is 0.107. The van der Waals surface area contributed by atoms with Gasteiger partial charge in [0.05, 0.1) is 26.4 Å². The summed E-state index contributed by atoms with van der Waals surface area (Å²) < 4.78 is 69.0. The monoisotopic (exact) mass is 1580 g/mol. The van der Waals surface area contributed by atoms with Crippen LogP contribution in [0.2, 0.25) is 0 Å². The van der Waals surface area contributed by atoms with Crippen LogP contribution in [0.4, 0.5) is 0 Å². The van der Waals surface area contributed by atoms with E-state index in [9.17, 15) is 43.2 Å². The van der Waals surface area contributed by atoms with Gasteiger partial charge in [-0.2, -0.15) is 0 Å². The summed E-state index contributed by atoms with van der Waals surface area (Å²) >= 11 is 0. The Balaban J connectivity index is 5.26. The Kier molecular flexibility index (Phi) is 77.5. The quantitative estimate of drug-likeness (QED) is 0.0222. The lowest BCUT2D eigenvalue weighted by atomic mass is 9.99. The van der Waals surface area contributed by atoms with Crippen LogP contribution in [0.25, 0.3) is 0 Å². The lowest BCUT2D eigenvalue weighted by Crippen LogP contribution is -2.30. The molecule has 0 aliphatic rings. The van der Waals surface area contributed by atoms with Crippen molar-refractivity contribution in [2.24, 2.45) is 17.8 Å². The number of rotatable bonds is 87. The van der Waals surface area contributed by atoms with Gasteiger partial charge in [0, 0.05) is 25.7 Å². The van der Waals surface area contributed by atoms with Gasteiger partial charge in [0.15, 0.2) is 12.2 Å². The number of hydrogen-bond acceptors (Lipinski definition) is 15. The molecule has 19 heteroatoms. The number of phosphoric ester groups is 2. The predicted octanol–water partition coefficient (Wildman–Crippen LogP) is 27.3. The van der Waals surface area contributed by atoms with Crippen LogP contribution in [0.1, 0.15) is 472 Å². The number of phosphoric acid groups is 2. The minimum atomic E-state index is -4.97. The van der Waals surface area contributed by atoms with Crippen LogP contribution in [-0.4, -0.2) is 96.7 Å². The third kappa shape index (κ3) is 80.7. The van der Waals surface area contributed by atoms with E-state index in [1.54, 1.807) is 0 Å². The average Bonchev–Trinajstić information content (AvgIpc) is 0.898. The number of hydrogen-bond donors (Lipinski definition) is 3. The van der Waals surface area contributed by atoms with Crippen molar-refractivity contribution in [3.8, 4) is 0 Å². The number of ether oxygens (including phenoxy) is 4. The molecule has 0 saturated heterocycles. The molecule has 0 aliphatic heterocycles. The zero-order valence-electron chi connectivity index (χ0n) is 71.3. The van der Waals surface area contributed by atoms with Gasteiger partial charge < -0.3 is 33.8 Å². The second kappa shape index (κ2) is 78.9. The van der Waals surface area contributed by atoms with E-state index >= 15 is 0 Å². The van der Waals surface area contributed by atoms with Crippen LogP contribution in [0.15, 0.2) is 0 Å². The Morgan fingerprint density at radius 2 is 0.472 bits per heavy atom. The fourth-order valence-electron chi connectivity index (χ4n) is 13.9. The van der Waals surface area contributed by atoms with Crippen molar-refractivity contribution >= 4 is 39.5 Å². The Labute approximate surface area is 664 Å². The molecule has 3 unspecified atom stereocenters. The minimum Gasteiger partial charge on any atom is -0.462 e. The topological polar surface area (TPSA) is 237 Å². The number of carbonyl (C=O) groups is 4. The molecule has 0 aromatic carbocycles. The van der Waals surface area contributed by atoms with Crippen LogP contribution in [0.3, 0.4) is 0 Å². The summed E-state index contributed by atoms with van der Waals surface area (Å²) in [5.74, 6) is 0.284. The maximum atomic E-state index is 13.2. The number of aliphatic hydroxyl groups excluding tert-OH is 1. The molecule has 0 bridgehead atoms. The zero-order valence-corrected chi connectivity index (χ0v) is 73.1. The molecule has 17 nitrogen and oxygen atoms in total. The molecule has 0 amide bonds. The van der Waals surface area contributed by atoms with E-state index in [2.05, 4.69) is 48.5 Å². The first-order valence-corrected chi connectivity index (χ1v) is 48.9. The molecule has 0 aromatic heterocycles. The van der Waals surface area contributed by atoms with E-state index in [-0.39, 0.29) is 25.7 Å². The molecule has 0 spiro atoms. The van der Waals surface area contributed by atoms with Crippen LogP contribution in [-0.2, 0) is 65.4 Å². The summed E-state index contributed by atoms with van der Waals surface area (Å²) in [6, 6.07) is 0. The average molecular weight is 1580 g/mol. The molecule has 6 atom stereocenters. The van der Waals surface area contributed by atoms with Gasteiger partial charge in [-0.25, -0.2) is 9.13 Å². The molecule has 108 heavy (non-hydrogen) atoms. The molecular weight excluding hydrogens is 1400 g/mol. The van der Waals surface area contributed by atoms with Crippen molar-refractivity contribution in [3.63, 3.8) is 0 Å². The third-order valence-electron chi connectivity index (χ3n) is 21.2. The van der Waals surface area contributed by atoms with Crippen molar-refractivity contribution in [2.75, 3.05) is 39.6 Å². The van der Waals surface area contributed by atoms with E-state index in [1.165, 1.54) is 283 Å². The Hall–Kier alpha value is -1.94. The summed E-state index contributed by atoms with van der Waals surface area (Å²) in [7, 11) is -9.93. The Morgan fingerprint density at radius 3 is 0.704 bits per heavy atom. The number of carbonyl (C=O) groups excluding carboxylic acids is 4. The van der Waals surface area contributed by atoms with Crippen LogP contribution in [0, 0.1) is 17.8 Å². The second-order valence-electron chi connectivity index (χ2n) is 33.2. The van der Waals surface area contributed by atoms with Gasteiger partial charge >= 0.3 is 39.5 Å². The second-order valence-corrected chi connectivity index (χ2v) is 36.1. The maximum Gasteiger partial charge on any atom is 0.472 e. The first-order chi connectivity index (χ1) is 52.3. The fraction of sp³-hybridized carbons (Fsp3) is 0.955. The SMILES string of the molecule is CCCCCCCCCCCCCCCCCCCCCCC(=O)O[C@H](COC(=O)CCCCCCCCCCCCCCCCCCC(C)C)COP(=O)(O)OC[C@@H](O)COP(=O)(O)OC[C@@H](COC(=O)CCCCCCCCCCC(C)CC)OC(=O)CCCCCCCCCCCCCCCCC(C)C. The normalized spacial score (nSPS) is 14.1. The van der Waals surface area contributed by atoms with Crippen molar-refractivity contribution in [3.05, 3.63) is 0 Å². The first kappa shape index (κ1) is 106. The first-order valence-electron chi connectivity index (χ1n) is 45.9. The van der Waals surface area contributed by atoms with Crippen molar-refractivity contribution in [1.82, 2.24) is 0 Å². The number of unbranched alkanes of at least 4 members (excludes halogenated alkanes) is 54. The zero-order chi connectivity index (χ0) is 79.3. The summed E-state index contributed by atoms with van der Waals surface area (Å²) in [6.45, 7) is 12.1. The summed E-state index contributed by atoms with van der Waals surface area (Å²) in [6.07, 6.45) is 70.8. The van der Waals surface area contributed by atoms with E-state index < -0.39 is 97.5 Å². The smallest absolute Gasteiger partial charge is 0.462 e. The molecule has 642 valence electrons. The molecule has 0 rings (SSSR count). The highest BCUT2D eigenvalue weighted by Gasteiger charge is 2.31. The lowest BCUT2D eigenvalue weighted by Gasteiger charge is -2.21. The molecule has 0 radical (unpaired) electrons. The molecular formula is C89H174O17P2. The fourth-order valence-corrected chi connectivity index (χ4v) is 15.4. The Morgan fingerprint density at radius 1 is 0.269 bits per heavy atom. The van der Waals surface area contributed by atoms with Crippen LogP contribution in [0.5, 0.6) is 0 Å². The lowest BCUT2D eigenvalue weighted by molar-refractivity contribution is -0.161. The third-order valence-corrected chi connectivity index (χ3v) is 23.1. The van der Waals surface area contributed by atoms with Crippen molar-refractivity contribution in [2.45, 2.75) is 491 Å². The van der Waals surface area contributed by atoms with Gasteiger partial charge in [-0.05, 0) is 43.4 Å². The van der Waals surface area contributed by atoms with Gasteiger partial charge in [-0.1, -0.05) is 421 Å². The van der Waals surface area contributed by atoms with Gasteiger partial charge in [0.1, 0.15) is 19.3 Å². The highest BCUT2D eigenvalue weighted by molar-refractivity contribution is 7.47. The molecule has 0 fully saturated rings. The summed E-state index contributed by atoms with van der Waals surface area (Å²) in [4.78, 5) is 73.4. The van der Waals surface area contributed by atoms with E-state index in [4.69, 9.17) is 37.0 Å². The number of esters is 4. The van der Waals surface area contributed by atoms with E-state index in [0.29, 0.717) is 25.7 Å². The van der Waals surface area contributed by atoms with E-state index in [1.807, 2.05) is 0 Å². The molecule has 3 N–H and O–H groups in total. The molecule has 0 saturated carbocycles. The number of aliphatic hydroxyl groups is 1. The van der Waals surface area contributed by atoms with Gasteiger partial charge in [-0.3, -0.25) is 37.3 Å². The van der Waals surface area contributed by atoms with Crippen molar-refractivity contribution in [1.29, 1.82) is 0 Å². The standard InChI is InChI=1S/C89H174O17P2/c1-8-10-11-12-13-14-15-16-17-18-19-20-21-26-32-37-42-51-58-65-72-88(93)105-84(76-99-86(91)70-63-56-49-41-36-31-25-23-22-24-29-34-39-46-53-60-67-80(3)4)78-103-107(95,96)101-74-83(90)75-102-108(97,98)104-79-85(77-100-87(92)71-64-57-50-45-44-48-55-62-69-82(7)9-2)106-89(94)73-66-59-52-43-38-33-28-27-30-35-40-47-54-61-68-81(5)6/h80-85,90H,8-79H2,1-7H3,(H,95,96)(H,97,98)/t82?,83-,84-,85-/m1/s1. The van der Waals surface area contributed by atoms with Gasteiger partial charge in [0.25, 0.3) is 0 Å². The van der Waals surface area contributed by atoms with Crippen LogP contribution >= 0.6 is 15.6 Å². The molecule has 0 heterocycles. The Bertz CT molecular complexity index is 2080. The predicted molar refractivity (Wildman–Crippen MR) is 446 cm³/mol. The maximum absolute atomic E-state index is 13.2. The molecule has 0 aromatic rings. The van der Waals surface area contributed by atoms with E-state index in [0.717, 1.165) is 108 Å². The van der Waals surface area contributed by atoms with Gasteiger partial charge in [-0.15, -0.1) is 0 Å². The highest BCUT2D eigenvalue weighted by Crippen LogP contribution is 2.45. The largest absolute Gasteiger partial charge is 0.472 e. The summed E-state index contributed by atoms with van der Waals surface area (Å²) in [5.41, 5.74) is 0. The van der Waals surface area contributed by atoms with Crippen molar-refractivity contribution < 1.29 is 80.2 Å².